The number of hydrogen-bond acceptors (Lipinski definition) is 1. The Hall–Kier alpha value is -1.60. The summed E-state index contributed by atoms with van der Waals surface area (Å²) < 4.78 is 0. The maximum absolute atomic E-state index is 3.44. The molecule has 1 heteroatoms. The molecule has 0 unspecified atom stereocenters. The highest BCUT2D eigenvalue weighted by Crippen LogP contribution is 2.33. The van der Waals surface area contributed by atoms with Crippen LogP contribution in [0.25, 0.3) is 11.1 Å². The first-order valence-corrected chi connectivity index (χ1v) is 6.80. The van der Waals surface area contributed by atoms with Crippen LogP contribution in [-0.4, -0.2) is 13.1 Å². The van der Waals surface area contributed by atoms with Crippen LogP contribution in [0.1, 0.15) is 24.3 Å². The van der Waals surface area contributed by atoms with E-state index in [0.29, 0.717) is 5.92 Å². The molecule has 92 valence electrons. The van der Waals surface area contributed by atoms with Gasteiger partial charge in [0.15, 0.2) is 0 Å². The Kier molecular flexibility index (Phi) is 3.42. The lowest BCUT2D eigenvalue weighted by Crippen LogP contribution is -2.26. The van der Waals surface area contributed by atoms with Crippen LogP contribution in [0, 0.1) is 0 Å². The molecule has 1 aliphatic rings. The van der Waals surface area contributed by atoms with E-state index < -0.39 is 0 Å². The van der Waals surface area contributed by atoms with Crippen molar-refractivity contribution < 1.29 is 0 Å². The summed E-state index contributed by atoms with van der Waals surface area (Å²) >= 11 is 0. The molecular weight excluding hydrogens is 218 g/mol. The van der Waals surface area contributed by atoms with Crippen LogP contribution in [0.2, 0.25) is 0 Å². The molecular formula is C17H19N. The van der Waals surface area contributed by atoms with E-state index in [4.69, 9.17) is 0 Å². The summed E-state index contributed by atoms with van der Waals surface area (Å²) in [7, 11) is 0. The molecule has 1 aliphatic heterocycles. The number of rotatable bonds is 2. The number of hydrogen-bond donors (Lipinski definition) is 1. The van der Waals surface area contributed by atoms with Crippen LogP contribution in [0.4, 0.5) is 0 Å². The van der Waals surface area contributed by atoms with E-state index >= 15 is 0 Å². The molecule has 1 heterocycles. The molecule has 1 fully saturated rings. The van der Waals surface area contributed by atoms with Crippen molar-refractivity contribution in [1.82, 2.24) is 5.32 Å². The van der Waals surface area contributed by atoms with Crippen molar-refractivity contribution in [3.05, 3.63) is 60.2 Å². The predicted molar refractivity (Wildman–Crippen MR) is 76.7 cm³/mol. The van der Waals surface area contributed by atoms with Gasteiger partial charge in [-0.25, -0.2) is 0 Å². The van der Waals surface area contributed by atoms with Gasteiger partial charge in [-0.2, -0.15) is 0 Å². The Labute approximate surface area is 109 Å². The fourth-order valence-corrected chi connectivity index (χ4v) is 2.87. The first kappa shape index (κ1) is 11.5. The normalized spacial score (nSPS) is 16.7. The third-order valence-electron chi connectivity index (χ3n) is 3.82. The second kappa shape index (κ2) is 5.36. The van der Waals surface area contributed by atoms with Gasteiger partial charge in [0.25, 0.3) is 0 Å². The van der Waals surface area contributed by atoms with Crippen LogP contribution < -0.4 is 5.32 Å². The number of benzene rings is 2. The molecule has 2 aromatic carbocycles. The standard InChI is InChI=1S/C17H19N/c1-2-6-14(7-3-1)16-8-4-5-9-17(16)15-10-12-18-13-11-15/h1-9,15,18H,10-13H2. The summed E-state index contributed by atoms with van der Waals surface area (Å²) in [5.74, 6) is 0.711. The highest BCUT2D eigenvalue weighted by Gasteiger charge is 2.18. The minimum atomic E-state index is 0.711. The summed E-state index contributed by atoms with van der Waals surface area (Å²) in [4.78, 5) is 0. The van der Waals surface area contributed by atoms with Gasteiger partial charge in [-0.05, 0) is 48.5 Å². The minimum Gasteiger partial charge on any atom is -0.317 e. The molecule has 0 amide bonds. The van der Waals surface area contributed by atoms with Gasteiger partial charge in [0.1, 0.15) is 0 Å². The second-order valence-corrected chi connectivity index (χ2v) is 4.98. The quantitative estimate of drug-likeness (QED) is 0.837. The van der Waals surface area contributed by atoms with Gasteiger partial charge in [0.05, 0.1) is 0 Å². The SMILES string of the molecule is c1ccc(-c2ccccc2C2CCNCC2)cc1. The lowest BCUT2D eigenvalue weighted by atomic mass is 9.85. The number of piperidine rings is 1. The summed E-state index contributed by atoms with van der Waals surface area (Å²) in [6.45, 7) is 2.29. The van der Waals surface area contributed by atoms with E-state index in [-0.39, 0.29) is 0 Å². The molecule has 1 saturated heterocycles. The van der Waals surface area contributed by atoms with E-state index in [1.165, 1.54) is 29.5 Å². The van der Waals surface area contributed by atoms with Gasteiger partial charge in [0, 0.05) is 0 Å². The Morgan fingerprint density at radius 3 is 2.22 bits per heavy atom. The molecule has 0 aliphatic carbocycles. The summed E-state index contributed by atoms with van der Waals surface area (Å²) in [5.41, 5.74) is 4.27. The molecule has 0 saturated carbocycles. The maximum atomic E-state index is 3.44. The van der Waals surface area contributed by atoms with Crippen LogP contribution in [0.15, 0.2) is 54.6 Å². The Bertz CT molecular complexity index is 498. The predicted octanol–water partition coefficient (Wildman–Crippen LogP) is 3.82. The third-order valence-corrected chi connectivity index (χ3v) is 3.82. The third kappa shape index (κ3) is 2.32. The van der Waals surface area contributed by atoms with E-state index in [9.17, 15) is 0 Å². The average molecular weight is 237 g/mol. The summed E-state index contributed by atoms with van der Waals surface area (Å²) in [5, 5.41) is 3.44. The topological polar surface area (TPSA) is 12.0 Å². The molecule has 0 radical (unpaired) electrons. The zero-order chi connectivity index (χ0) is 12.2. The highest BCUT2D eigenvalue weighted by molar-refractivity contribution is 5.68. The zero-order valence-electron chi connectivity index (χ0n) is 10.6. The smallest absolute Gasteiger partial charge is 0.00431 e. The zero-order valence-corrected chi connectivity index (χ0v) is 10.6. The van der Waals surface area contributed by atoms with E-state index in [1.54, 1.807) is 0 Å². The largest absolute Gasteiger partial charge is 0.317 e. The van der Waals surface area contributed by atoms with Gasteiger partial charge in [-0.3, -0.25) is 0 Å². The molecule has 2 aromatic rings. The average Bonchev–Trinajstić information content (AvgIpc) is 2.49. The highest BCUT2D eigenvalue weighted by atomic mass is 14.9. The van der Waals surface area contributed by atoms with Crippen LogP contribution in [-0.2, 0) is 0 Å². The van der Waals surface area contributed by atoms with Gasteiger partial charge in [0.2, 0.25) is 0 Å². The Morgan fingerprint density at radius 2 is 1.44 bits per heavy atom. The molecule has 1 N–H and O–H groups in total. The molecule has 0 atom stereocenters. The van der Waals surface area contributed by atoms with Gasteiger partial charge in [-0.1, -0.05) is 54.6 Å². The van der Waals surface area contributed by atoms with Crippen molar-refractivity contribution in [3.8, 4) is 11.1 Å². The molecule has 18 heavy (non-hydrogen) atoms. The first-order valence-electron chi connectivity index (χ1n) is 6.80. The van der Waals surface area contributed by atoms with Gasteiger partial charge >= 0.3 is 0 Å². The van der Waals surface area contributed by atoms with Gasteiger partial charge in [-0.15, -0.1) is 0 Å². The van der Waals surface area contributed by atoms with E-state index in [1.807, 2.05) is 0 Å². The van der Waals surface area contributed by atoms with Crippen molar-refractivity contribution in [1.29, 1.82) is 0 Å². The van der Waals surface area contributed by atoms with E-state index in [0.717, 1.165) is 13.1 Å². The van der Waals surface area contributed by atoms with Crippen LogP contribution in [0.5, 0.6) is 0 Å². The van der Waals surface area contributed by atoms with Crippen molar-refractivity contribution in [2.75, 3.05) is 13.1 Å². The first-order chi connectivity index (χ1) is 8.95. The van der Waals surface area contributed by atoms with Crippen molar-refractivity contribution in [2.24, 2.45) is 0 Å². The fraction of sp³-hybridized carbons (Fsp3) is 0.294. The molecule has 1 nitrogen and oxygen atoms in total. The fourth-order valence-electron chi connectivity index (χ4n) is 2.87. The monoisotopic (exact) mass is 237 g/mol. The lowest BCUT2D eigenvalue weighted by Gasteiger charge is -2.25. The Morgan fingerprint density at radius 1 is 0.778 bits per heavy atom. The lowest BCUT2D eigenvalue weighted by molar-refractivity contribution is 0.461. The maximum Gasteiger partial charge on any atom is -0.00431 e. The van der Waals surface area contributed by atoms with Crippen LogP contribution >= 0.6 is 0 Å². The van der Waals surface area contributed by atoms with E-state index in [2.05, 4.69) is 59.9 Å². The molecule has 0 spiro atoms. The number of nitrogens with one attached hydrogen (secondary N) is 1. The molecule has 0 bridgehead atoms. The Balaban J connectivity index is 1.99. The molecule has 0 aromatic heterocycles. The van der Waals surface area contributed by atoms with Crippen LogP contribution in [0.3, 0.4) is 0 Å². The second-order valence-electron chi connectivity index (χ2n) is 4.98. The van der Waals surface area contributed by atoms with Crippen molar-refractivity contribution >= 4 is 0 Å². The minimum absolute atomic E-state index is 0.711. The summed E-state index contributed by atoms with van der Waals surface area (Å²) in [6.07, 6.45) is 2.51. The molecule has 3 rings (SSSR count). The van der Waals surface area contributed by atoms with Crippen molar-refractivity contribution in [3.63, 3.8) is 0 Å². The van der Waals surface area contributed by atoms with Crippen molar-refractivity contribution in [2.45, 2.75) is 18.8 Å². The van der Waals surface area contributed by atoms with Gasteiger partial charge < -0.3 is 5.32 Å². The summed E-state index contributed by atoms with van der Waals surface area (Å²) in [6, 6.07) is 19.6.